The molecule has 1 aromatic carbocycles. The normalized spacial score (nSPS) is 15.5. The van der Waals surface area contributed by atoms with E-state index in [1.54, 1.807) is 17.4 Å². The van der Waals surface area contributed by atoms with Crippen molar-refractivity contribution < 1.29 is 14.3 Å². The highest BCUT2D eigenvalue weighted by Crippen LogP contribution is 2.34. The number of carbonyl (C=O) groups is 1. The Morgan fingerprint density at radius 2 is 2.07 bits per heavy atom. The predicted octanol–water partition coefficient (Wildman–Crippen LogP) is 4.15. The van der Waals surface area contributed by atoms with E-state index in [0.717, 1.165) is 21.8 Å². The standard InChI is InChI=1S/C21H17N3O3S/c1-13-8-9-24-18(11-13)22-19(17-7-4-10-28-17)20(24)23-21(25)16-12-26-14-5-2-3-6-15(14)27-16/h2-11,16H,12H2,1H3,(H,23,25). The topological polar surface area (TPSA) is 64.9 Å². The number of rotatable bonds is 3. The molecule has 1 unspecified atom stereocenters. The number of imidazole rings is 1. The van der Waals surface area contributed by atoms with Crippen molar-refractivity contribution in [3.8, 4) is 22.1 Å². The second kappa shape index (κ2) is 6.69. The van der Waals surface area contributed by atoms with Crippen molar-refractivity contribution in [2.45, 2.75) is 13.0 Å². The third-order valence-electron chi connectivity index (χ3n) is 4.58. The molecule has 7 heteroatoms. The first kappa shape index (κ1) is 16.8. The molecule has 0 radical (unpaired) electrons. The van der Waals surface area contributed by atoms with E-state index in [4.69, 9.17) is 14.5 Å². The number of anilines is 1. The zero-order valence-corrected chi connectivity index (χ0v) is 15.9. The van der Waals surface area contributed by atoms with Crippen molar-refractivity contribution in [2.75, 3.05) is 11.9 Å². The van der Waals surface area contributed by atoms with Crippen LogP contribution in [-0.2, 0) is 4.79 Å². The molecule has 0 bridgehead atoms. The van der Waals surface area contributed by atoms with E-state index >= 15 is 0 Å². The minimum absolute atomic E-state index is 0.160. The first-order valence-corrected chi connectivity index (χ1v) is 9.79. The number of aryl methyl sites for hydroxylation is 1. The number of pyridine rings is 1. The van der Waals surface area contributed by atoms with Gasteiger partial charge in [0.25, 0.3) is 5.91 Å². The highest BCUT2D eigenvalue weighted by Gasteiger charge is 2.29. The van der Waals surface area contributed by atoms with Gasteiger partial charge in [-0.05, 0) is 48.2 Å². The molecule has 5 rings (SSSR count). The van der Waals surface area contributed by atoms with Gasteiger partial charge in [0.05, 0.1) is 4.88 Å². The van der Waals surface area contributed by atoms with E-state index in [1.165, 1.54) is 0 Å². The second-order valence-electron chi connectivity index (χ2n) is 6.57. The molecule has 0 aliphatic carbocycles. The minimum atomic E-state index is -0.734. The number of para-hydroxylation sites is 2. The van der Waals surface area contributed by atoms with Crippen LogP contribution in [0, 0.1) is 6.92 Å². The summed E-state index contributed by atoms with van der Waals surface area (Å²) in [6.07, 6.45) is 1.18. The lowest BCUT2D eigenvalue weighted by Crippen LogP contribution is -2.40. The Morgan fingerprint density at radius 3 is 2.89 bits per heavy atom. The van der Waals surface area contributed by atoms with Gasteiger partial charge in [-0.3, -0.25) is 9.20 Å². The summed E-state index contributed by atoms with van der Waals surface area (Å²) < 4.78 is 13.4. The quantitative estimate of drug-likeness (QED) is 0.570. The maximum atomic E-state index is 13.0. The van der Waals surface area contributed by atoms with Crippen molar-refractivity contribution in [2.24, 2.45) is 0 Å². The number of ether oxygens (including phenoxy) is 2. The van der Waals surface area contributed by atoms with Crippen LogP contribution in [0.2, 0.25) is 0 Å². The molecule has 0 saturated heterocycles. The van der Waals surface area contributed by atoms with Gasteiger partial charge in [-0.1, -0.05) is 18.2 Å². The Morgan fingerprint density at radius 1 is 1.21 bits per heavy atom. The summed E-state index contributed by atoms with van der Waals surface area (Å²) in [4.78, 5) is 18.7. The minimum Gasteiger partial charge on any atom is -0.485 e. The van der Waals surface area contributed by atoms with Crippen LogP contribution >= 0.6 is 11.3 Å². The Balaban J connectivity index is 1.49. The first-order valence-electron chi connectivity index (χ1n) is 8.91. The molecule has 4 heterocycles. The van der Waals surface area contributed by atoms with E-state index in [9.17, 15) is 4.79 Å². The average Bonchev–Trinajstić information content (AvgIpc) is 3.35. The number of carbonyl (C=O) groups excluding carboxylic acids is 1. The number of fused-ring (bicyclic) bond motifs is 2. The molecule has 4 aromatic rings. The zero-order chi connectivity index (χ0) is 19.1. The highest BCUT2D eigenvalue weighted by molar-refractivity contribution is 7.13. The second-order valence-corrected chi connectivity index (χ2v) is 7.52. The Labute approximate surface area is 165 Å². The number of amides is 1. The van der Waals surface area contributed by atoms with Crippen LogP contribution in [0.1, 0.15) is 5.56 Å². The molecule has 0 fully saturated rings. The van der Waals surface area contributed by atoms with Gasteiger partial charge < -0.3 is 14.8 Å². The lowest BCUT2D eigenvalue weighted by Gasteiger charge is -2.25. The van der Waals surface area contributed by atoms with Crippen molar-refractivity contribution in [3.05, 3.63) is 65.7 Å². The molecule has 140 valence electrons. The van der Waals surface area contributed by atoms with Gasteiger partial charge in [-0.2, -0.15) is 0 Å². The molecule has 0 spiro atoms. The third kappa shape index (κ3) is 2.90. The molecule has 3 aromatic heterocycles. The Bertz CT molecular complexity index is 1170. The van der Waals surface area contributed by atoms with Gasteiger partial charge in [-0.25, -0.2) is 4.98 Å². The summed E-state index contributed by atoms with van der Waals surface area (Å²) in [6, 6.07) is 15.3. The predicted molar refractivity (Wildman–Crippen MR) is 108 cm³/mol. The number of nitrogens with zero attached hydrogens (tertiary/aromatic N) is 2. The Kier molecular flexibility index (Phi) is 4.02. The van der Waals surface area contributed by atoms with Crippen LogP contribution in [0.15, 0.2) is 60.1 Å². The fraction of sp³-hybridized carbons (Fsp3) is 0.143. The molecule has 1 aliphatic rings. The highest BCUT2D eigenvalue weighted by atomic mass is 32.1. The lowest BCUT2D eigenvalue weighted by molar-refractivity contribution is -0.125. The molecule has 1 N–H and O–H groups in total. The molecular weight excluding hydrogens is 374 g/mol. The Hall–Kier alpha value is -3.32. The summed E-state index contributed by atoms with van der Waals surface area (Å²) in [5, 5.41) is 5.00. The number of nitrogens with one attached hydrogen (secondary N) is 1. The average molecular weight is 391 g/mol. The fourth-order valence-corrected chi connectivity index (χ4v) is 3.91. The largest absolute Gasteiger partial charge is 0.485 e. The van der Waals surface area contributed by atoms with Gasteiger partial charge in [0.1, 0.15) is 23.8 Å². The monoisotopic (exact) mass is 391 g/mol. The van der Waals surface area contributed by atoms with Crippen LogP contribution in [0.4, 0.5) is 5.82 Å². The lowest BCUT2D eigenvalue weighted by atomic mass is 10.2. The maximum Gasteiger partial charge on any atom is 0.270 e. The zero-order valence-electron chi connectivity index (χ0n) is 15.1. The van der Waals surface area contributed by atoms with Gasteiger partial charge in [0.2, 0.25) is 6.10 Å². The number of hydrogen-bond acceptors (Lipinski definition) is 5. The number of aromatic nitrogens is 2. The van der Waals surface area contributed by atoms with E-state index in [-0.39, 0.29) is 12.5 Å². The first-order chi connectivity index (χ1) is 13.7. The molecule has 6 nitrogen and oxygen atoms in total. The van der Waals surface area contributed by atoms with Crippen LogP contribution in [0.25, 0.3) is 16.2 Å². The van der Waals surface area contributed by atoms with E-state index in [0.29, 0.717) is 17.3 Å². The van der Waals surface area contributed by atoms with Crippen LogP contribution in [0.5, 0.6) is 11.5 Å². The summed E-state index contributed by atoms with van der Waals surface area (Å²) in [5.41, 5.74) is 2.63. The maximum absolute atomic E-state index is 13.0. The molecule has 1 amide bonds. The number of thiophene rings is 1. The summed E-state index contributed by atoms with van der Waals surface area (Å²) in [6.45, 7) is 2.18. The third-order valence-corrected chi connectivity index (χ3v) is 5.46. The summed E-state index contributed by atoms with van der Waals surface area (Å²) >= 11 is 1.58. The number of benzene rings is 1. The molecule has 28 heavy (non-hydrogen) atoms. The summed E-state index contributed by atoms with van der Waals surface area (Å²) in [5.74, 6) is 1.58. The summed E-state index contributed by atoms with van der Waals surface area (Å²) in [7, 11) is 0. The van der Waals surface area contributed by atoms with Gasteiger partial charge in [0, 0.05) is 6.20 Å². The van der Waals surface area contributed by atoms with Crippen LogP contribution < -0.4 is 14.8 Å². The molecule has 0 saturated carbocycles. The molecule has 1 aliphatic heterocycles. The van der Waals surface area contributed by atoms with Crippen molar-refractivity contribution in [3.63, 3.8) is 0 Å². The van der Waals surface area contributed by atoms with E-state index < -0.39 is 6.10 Å². The van der Waals surface area contributed by atoms with Crippen molar-refractivity contribution in [1.29, 1.82) is 0 Å². The molecular formula is C21H17N3O3S. The van der Waals surface area contributed by atoms with Gasteiger partial charge in [0.15, 0.2) is 11.5 Å². The van der Waals surface area contributed by atoms with Crippen LogP contribution in [0.3, 0.4) is 0 Å². The van der Waals surface area contributed by atoms with Gasteiger partial charge >= 0.3 is 0 Å². The molecule has 1 atom stereocenters. The SMILES string of the molecule is Cc1ccn2c(NC(=O)C3COc4ccccc4O3)c(-c3cccs3)nc2c1. The van der Waals surface area contributed by atoms with Crippen molar-refractivity contribution in [1.82, 2.24) is 9.38 Å². The van der Waals surface area contributed by atoms with Crippen molar-refractivity contribution >= 4 is 28.7 Å². The number of hydrogen-bond donors (Lipinski definition) is 1. The van der Waals surface area contributed by atoms with Crippen LogP contribution in [-0.4, -0.2) is 28.0 Å². The van der Waals surface area contributed by atoms with Gasteiger partial charge in [-0.15, -0.1) is 11.3 Å². The smallest absolute Gasteiger partial charge is 0.270 e. The van der Waals surface area contributed by atoms with E-state index in [1.807, 2.05) is 65.4 Å². The fourth-order valence-electron chi connectivity index (χ4n) is 3.20. The van der Waals surface area contributed by atoms with E-state index in [2.05, 4.69) is 5.32 Å².